The predicted molar refractivity (Wildman–Crippen MR) is 67.8 cm³/mol. The number of pyridine rings is 1. The third-order valence-electron chi connectivity index (χ3n) is 2.28. The summed E-state index contributed by atoms with van der Waals surface area (Å²) in [4.78, 5) is 8.47. The van der Waals surface area contributed by atoms with E-state index in [1.54, 1.807) is 6.20 Å². The van der Waals surface area contributed by atoms with Gasteiger partial charge in [0.2, 0.25) is 3.83 Å². The van der Waals surface area contributed by atoms with Gasteiger partial charge in [-0.3, -0.25) is 4.98 Å². The van der Waals surface area contributed by atoms with E-state index in [0.29, 0.717) is 9.72 Å². The summed E-state index contributed by atoms with van der Waals surface area (Å²) in [6, 6.07) is 9.94. The molecule has 0 N–H and O–H groups in total. The Morgan fingerprint density at radius 2 is 2.00 bits per heavy atom. The lowest BCUT2D eigenvalue weighted by molar-refractivity contribution is 0.425. The van der Waals surface area contributed by atoms with Crippen LogP contribution in [0.2, 0.25) is 0 Å². The Morgan fingerprint density at radius 3 is 2.81 bits per heavy atom. The summed E-state index contributed by atoms with van der Waals surface area (Å²) in [7, 11) is 0. The quantitative estimate of drug-likeness (QED) is 0.646. The maximum atomic E-state index is 5.13. The highest BCUT2D eigenvalue weighted by Gasteiger charge is 2.11. The van der Waals surface area contributed by atoms with Crippen molar-refractivity contribution in [2.45, 2.75) is 0 Å². The van der Waals surface area contributed by atoms with Crippen molar-refractivity contribution in [3.8, 4) is 11.6 Å². The van der Waals surface area contributed by atoms with Crippen molar-refractivity contribution in [2.24, 2.45) is 0 Å². The lowest BCUT2D eigenvalue weighted by Gasteiger charge is -1.99. The van der Waals surface area contributed by atoms with Crippen LogP contribution in [0.15, 0.2) is 41.1 Å². The van der Waals surface area contributed by atoms with Crippen molar-refractivity contribution < 1.29 is 4.52 Å². The highest BCUT2D eigenvalue weighted by molar-refractivity contribution is 14.1. The van der Waals surface area contributed by atoms with E-state index in [1.165, 1.54) is 0 Å². The molecule has 3 aromatic rings. The molecule has 5 heteroatoms. The van der Waals surface area contributed by atoms with Gasteiger partial charge < -0.3 is 4.52 Å². The minimum absolute atomic E-state index is 0.459. The van der Waals surface area contributed by atoms with Gasteiger partial charge in [0.05, 0.1) is 0 Å². The summed E-state index contributed by atoms with van der Waals surface area (Å²) in [6.07, 6.45) is 1.74. The van der Waals surface area contributed by atoms with Crippen LogP contribution in [0, 0.1) is 3.83 Å². The van der Waals surface area contributed by atoms with E-state index in [-0.39, 0.29) is 0 Å². The molecule has 0 bridgehead atoms. The topological polar surface area (TPSA) is 51.8 Å². The molecule has 0 aliphatic rings. The Hall–Kier alpha value is -1.50. The van der Waals surface area contributed by atoms with Gasteiger partial charge >= 0.3 is 0 Å². The standard InChI is InChI=1S/C11H6IN3O/c12-11-14-10(16-15-11)9-8-4-2-1-3-7(8)5-6-13-9/h1-6H. The smallest absolute Gasteiger partial charge is 0.277 e. The number of halogens is 1. The first kappa shape index (κ1) is 9.71. The molecule has 0 amide bonds. The van der Waals surface area contributed by atoms with Gasteiger partial charge in [0, 0.05) is 34.2 Å². The fourth-order valence-electron chi connectivity index (χ4n) is 1.59. The summed E-state index contributed by atoms with van der Waals surface area (Å²) in [5, 5.41) is 5.89. The van der Waals surface area contributed by atoms with E-state index in [1.807, 2.05) is 52.9 Å². The molecule has 0 saturated carbocycles. The molecule has 2 aromatic heterocycles. The maximum Gasteiger partial charge on any atom is 0.277 e. The first-order valence-electron chi connectivity index (χ1n) is 4.68. The molecular weight excluding hydrogens is 317 g/mol. The Kier molecular flexibility index (Phi) is 2.32. The first-order valence-corrected chi connectivity index (χ1v) is 5.76. The van der Waals surface area contributed by atoms with Crippen LogP contribution in [0.4, 0.5) is 0 Å². The van der Waals surface area contributed by atoms with Crippen molar-refractivity contribution in [1.82, 2.24) is 15.1 Å². The zero-order valence-electron chi connectivity index (χ0n) is 8.09. The van der Waals surface area contributed by atoms with Crippen molar-refractivity contribution in [3.63, 3.8) is 0 Å². The highest BCUT2D eigenvalue weighted by Crippen LogP contribution is 2.24. The minimum Gasteiger partial charge on any atom is -0.331 e. The highest BCUT2D eigenvalue weighted by atomic mass is 127. The van der Waals surface area contributed by atoms with E-state index in [9.17, 15) is 0 Å². The van der Waals surface area contributed by atoms with Gasteiger partial charge in [-0.1, -0.05) is 29.4 Å². The molecule has 0 saturated heterocycles. The van der Waals surface area contributed by atoms with Crippen LogP contribution in [-0.4, -0.2) is 15.1 Å². The summed E-state index contributed by atoms with van der Waals surface area (Å²) in [6.45, 7) is 0. The Bertz CT molecular complexity index is 645. The van der Waals surface area contributed by atoms with Crippen LogP contribution >= 0.6 is 22.6 Å². The molecule has 4 nitrogen and oxygen atoms in total. The molecule has 3 rings (SSSR count). The number of rotatable bonds is 1. The van der Waals surface area contributed by atoms with E-state index in [4.69, 9.17) is 4.52 Å². The maximum absolute atomic E-state index is 5.13. The van der Waals surface area contributed by atoms with Gasteiger partial charge in [-0.15, -0.1) is 0 Å². The van der Waals surface area contributed by atoms with Crippen molar-refractivity contribution in [2.75, 3.05) is 0 Å². The number of fused-ring (bicyclic) bond motifs is 1. The summed E-state index contributed by atoms with van der Waals surface area (Å²) in [5.74, 6) is 0.459. The van der Waals surface area contributed by atoms with Gasteiger partial charge in [0.25, 0.3) is 5.89 Å². The van der Waals surface area contributed by atoms with Crippen LogP contribution in [0.25, 0.3) is 22.4 Å². The van der Waals surface area contributed by atoms with Gasteiger partial charge in [-0.25, -0.2) is 0 Å². The fourth-order valence-corrected chi connectivity index (χ4v) is 1.91. The van der Waals surface area contributed by atoms with Crippen LogP contribution in [0.1, 0.15) is 0 Å². The van der Waals surface area contributed by atoms with Gasteiger partial charge in [-0.2, -0.15) is 4.98 Å². The van der Waals surface area contributed by atoms with Crippen molar-refractivity contribution >= 4 is 33.4 Å². The summed E-state index contributed by atoms with van der Waals surface area (Å²) in [5.41, 5.74) is 0.730. The average molecular weight is 323 g/mol. The van der Waals surface area contributed by atoms with E-state index in [0.717, 1.165) is 16.5 Å². The molecule has 16 heavy (non-hydrogen) atoms. The molecule has 0 aliphatic heterocycles. The normalized spacial score (nSPS) is 10.8. The van der Waals surface area contributed by atoms with Crippen LogP contribution in [0.5, 0.6) is 0 Å². The SMILES string of the molecule is Ic1noc(-c2nccc3ccccc23)n1. The molecule has 0 fully saturated rings. The molecule has 0 spiro atoms. The zero-order valence-corrected chi connectivity index (χ0v) is 10.2. The number of nitrogens with zero attached hydrogens (tertiary/aromatic N) is 3. The summed E-state index contributed by atoms with van der Waals surface area (Å²) < 4.78 is 5.71. The van der Waals surface area contributed by atoms with E-state index >= 15 is 0 Å². The second kappa shape index (κ2) is 3.82. The van der Waals surface area contributed by atoms with Crippen LogP contribution in [0.3, 0.4) is 0 Å². The van der Waals surface area contributed by atoms with Crippen molar-refractivity contribution in [3.05, 3.63) is 40.4 Å². The minimum atomic E-state index is 0.459. The van der Waals surface area contributed by atoms with Gasteiger partial charge in [0.1, 0.15) is 5.69 Å². The fraction of sp³-hybridized carbons (Fsp3) is 0. The second-order valence-corrected chi connectivity index (χ2v) is 4.21. The molecule has 1 aromatic carbocycles. The average Bonchev–Trinajstić information content (AvgIpc) is 2.75. The Labute approximate surface area is 105 Å². The molecule has 78 valence electrons. The number of benzene rings is 1. The third-order valence-corrected chi connectivity index (χ3v) is 2.72. The third kappa shape index (κ3) is 1.57. The molecule has 0 atom stereocenters. The predicted octanol–water partition coefficient (Wildman–Crippen LogP) is 2.89. The van der Waals surface area contributed by atoms with Crippen LogP contribution in [-0.2, 0) is 0 Å². The molecule has 0 aliphatic carbocycles. The lowest BCUT2D eigenvalue weighted by Crippen LogP contribution is -1.85. The Morgan fingerprint density at radius 1 is 1.12 bits per heavy atom. The van der Waals surface area contributed by atoms with E-state index < -0.39 is 0 Å². The summed E-state index contributed by atoms with van der Waals surface area (Å²) >= 11 is 2.01. The largest absolute Gasteiger partial charge is 0.331 e. The molecular formula is C11H6IN3O. The first-order chi connectivity index (χ1) is 7.84. The lowest BCUT2D eigenvalue weighted by atomic mass is 10.1. The number of hydrogen-bond acceptors (Lipinski definition) is 4. The monoisotopic (exact) mass is 323 g/mol. The van der Waals surface area contributed by atoms with Gasteiger partial charge in [-0.05, 0) is 11.5 Å². The van der Waals surface area contributed by atoms with Crippen molar-refractivity contribution in [1.29, 1.82) is 0 Å². The van der Waals surface area contributed by atoms with Crippen LogP contribution < -0.4 is 0 Å². The zero-order chi connectivity index (χ0) is 11.0. The Balaban J connectivity index is 2.31. The molecule has 0 radical (unpaired) electrons. The number of aromatic nitrogens is 3. The second-order valence-electron chi connectivity index (χ2n) is 3.25. The molecule has 2 heterocycles. The number of hydrogen-bond donors (Lipinski definition) is 0. The molecule has 0 unspecified atom stereocenters. The van der Waals surface area contributed by atoms with E-state index in [2.05, 4.69) is 15.1 Å². The van der Waals surface area contributed by atoms with Gasteiger partial charge in [0.15, 0.2) is 0 Å².